The minimum absolute atomic E-state index is 0.489. The second kappa shape index (κ2) is 6.76. The molecule has 100 valence electrons. The average molecular weight is 248 g/mol. The summed E-state index contributed by atoms with van der Waals surface area (Å²) in [6.45, 7) is 6.39. The van der Waals surface area contributed by atoms with Crippen LogP contribution >= 0.6 is 0 Å². The van der Waals surface area contributed by atoms with Crippen molar-refractivity contribution in [2.24, 2.45) is 0 Å². The maximum Gasteiger partial charge on any atom is 0.0599 e. The van der Waals surface area contributed by atoms with Gasteiger partial charge in [-0.1, -0.05) is 12.1 Å². The quantitative estimate of drug-likeness (QED) is 0.813. The monoisotopic (exact) mass is 248 g/mol. The zero-order valence-electron chi connectivity index (χ0n) is 11.3. The lowest BCUT2D eigenvalue weighted by atomic mass is 10.1. The smallest absolute Gasteiger partial charge is 0.0599 e. The first kappa shape index (κ1) is 13.4. The van der Waals surface area contributed by atoms with Gasteiger partial charge >= 0.3 is 0 Å². The molecule has 3 heteroatoms. The summed E-state index contributed by atoms with van der Waals surface area (Å²) in [5.74, 6) is 0. The summed E-state index contributed by atoms with van der Waals surface area (Å²) in [4.78, 5) is 2.53. The molecule has 0 spiro atoms. The number of nitrogens with zero attached hydrogens (tertiary/aromatic N) is 1. The van der Waals surface area contributed by atoms with Crippen LogP contribution in [0, 0.1) is 0 Å². The van der Waals surface area contributed by atoms with Crippen molar-refractivity contribution in [1.82, 2.24) is 4.90 Å². The Morgan fingerprint density at radius 2 is 1.89 bits per heavy atom. The van der Waals surface area contributed by atoms with Gasteiger partial charge in [-0.05, 0) is 43.9 Å². The van der Waals surface area contributed by atoms with Crippen molar-refractivity contribution in [3.63, 3.8) is 0 Å². The zero-order chi connectivity index (χ0) is 12.8. The summed E-state index contributed by atoms with van der Waals surface area (Å²) >= 11 is 0. The van der Waals surface area contributed by atoms with Crippen molar-refractivity contribution in [3.05, 3.63) is 29.8 Å². The molecule has 1 aromatic rings. The third kappa shape index (κ3) is 4.00. The Morgan fingerprint density at radius 3 is 2.50 bits per heavy atom. The molecule has 1 saturated heterocycles. The van der Waals surface area contributed by atoms with Crippen molar-refractivity contribution >= 4 is 5.69 Å². The van der Waals surface area contributed by atoms with Crippen molar-refractivity contribution in [3.8, 4) is 0 Å². The lowest BCUT2D eigenvalue weighted by molar-refractivity contribution is 0.0145. The molecule has 1 aliphatic rings. The van der Waals surface area contributed by atoms with E-state index < -0.39 is 0 Å². The van der Waals surface area contributed by atoms with Crippen molar-refractivity contribution in [2.45, 2.75) is 32.3 Å². The number of rotatable bonds is 5. The standard InChI is InChI=1S/C15H24N2O/c1-2-18-15-8-11-17(12-9-15)10-7-13-3-5-14(16)6-4-13/h3-6,15H,2,7-12,16H2,1H3. The molecule has 1 aromatic carbocycles. The van der Waals surface area contributed by atoms with E-state index in [2.05, 4.69) is 24.0 Å². The first-order chi connectivity index (χ1) is 8.78. The largest absolute Gasteiger partial charge is 0.399 e. The SMILES string of the molecule is CCOC1CCN(CCc2ccc(N)cc2)CC1. The van der Waals surface area contributed by atoms with E-state index in [-0.39, 0.29) is 0 Å². The molecule has 0 amide bonds. The summed E-state index contributed by atoms with van der Waals surface area (Å²) in [5.41, 5.74) is 7.90. The van der Waals surface area contributed by atoms with Gasteiger partial charge in [0.1, 0.15) is 0 Å². The first-order valence-electron chi connectivity index (χ1n) is 6.96. The molecule has 18 heavy (non-hydrogen) atoms. The molecule has 0 aromatic heterocycles. The second-order valence-corrected chi connectivity index (χ2v) is 4.99. The molecule has 0 radical (unpaired) electrons. The van der Waals surface area contributed by atoms with E-state index in [4.69, 9.17) is 10.5 Å². The van der Waals surface area contributed by atoms with E-state index in [0.29, 0.717) is 6.10 Å². The minimum Gasteiger partial charge on any atom is -0.399 e. The normalized spacial score (nSPS) is 18.1. The molecular weight excluding hydrogens is 224 g/mol. The highest BCUT2D eigenvalue weighted by Crippen LogP contribution is 2.14. The van der Waals surface area contributed by atoms with Gasteiger partial charge in [0.2, 0.25) is 0 Å². The number of nitrogen functional groups attached to an aromatic ring is 1. The van der Waals surface area contributed by atoms with Crippen LogP contribution in [0.2, 0.25) is 0 Å². The Bertz CT molecular complexity index is 342. The molecule has 0 bridgehead atoms. The predicted molar refractivity (Wildman–Crippen MR) is 75.6 cm³/mol. The lowest BCUT2D eigenvalue weighted by Gasteiger charge is -2.31. The van der Waals surface area contributed by atoms with E-state index in [1.54, 1.807) is 0 Å². The van der Waals surface area contributed by atoms with Crippen molar-refractivity contribution < 1.29 is 4.74 Å². The summed E-state index contributed by atoms with van der Waals surface area (Å²) in [7, 11) is 0. The highest BCUT2D eigenvalue weighted by Gasteiger charge is 2.18. The fraction of sp³-hybridized carbons (Fsp3) is 0.600. The summed E-state index contributed by atoms with van der Waals surface area (Å²) in [6, 6.07) is 8.22. The van der Waals surface area contributed by atoms with Gasteiger partial charge in [0.05, 0.1) is 6.10 Å². The molecule has 1 fully saturated rings. The van der Waals surface area contributed by atoms with E-state index in [0.717, 1.165) is 25.3 Å². The molecule has 0 aliphatic carbocycles. The third-order valence-corrected chi connectivity index (χ3v) is 3.63. The number of nitrogens with two attached hydrogens (primary N) is 1. The van der Waals surface area contributed by atoms with E-state index in [1.165, 1.54) is 31.5 Å². The van der Waals surface area contributed by atoms with Crippen molar-refractivity contribution in [1.29, 1.82) is 0 Å². The molecule has 2 rings (SSSR count). The summed E-state index contributed by atoms with van der Waals surface area (Å²) < 4.78 is 5.67. The molecular formula is C15H24N2O. The van der Waals surface area contributed by atoms with Gasteiger partial charge in [-0.2, -0.15) is 0 Å². The Morgan fingerprint density at radius 1 is 1.22 bits per heavy atom. The van der Waals surface area contributed by atoms with Gasteiger partial charge < -0.3 is 15.4 Å². The van der Waals surface area contributed by atoms with Crippen LogP contribution in [-0.2, 0) is 11.2 Å². The van der Waals surface area contributed by atoms with Gasteiger partial charge in [0, 0.05) is 31.9 Å². The highest BCUT2D eigenvalue weighted by molar-refractivity contribution is 5.39. The second-order valence-electron chi connectivity index (χ2n) is 4.99. The van der Waals surface area contributed by atoms with Crippen LogP contribution < -0.4 is 5.73 Å². The number of anilines is 1. The Kier molecular flexibility index (Phi) is 5.02. The molecule has 0 saturated carbocycles. The summed E-state index contributed by atoms with van der Waals surface area (Å²) in [6.07, 6.45) is 3.95. The van der Waals surface area contributed by atoms with E-state index in [1.807, 2.05) is 12.1 Å². The van der Waals surface area contributed by atoms with Gasteiger partial charge in [-0.3, -0.25) is 0 Å². The Hall–Kier alpha value is -1.06. The Labute approximate surface area is 110 Å². The zero-order valence-corrected chi connectivity index (χ0v) is 11.3. The van der Waals surface area contributed by atoms with Crippen LogP contribution in [0.3, 0.4) is 0 Å². The van der Waals surface area contributed by atoms with Crippen LogP contribution in [0.1, 0.15) is 25.3 Å². The maximum atomic E-state index is 5.69. The Balaban J connectivity index is 1.70. The van der Waals surface area contributed by atoms with Gasteiger partial charge in [0.15, 0.2) is 0 Å². The number of hydrogen-bond acceptors (Lipinski definition) is 3. The van der Waals surface area contributed by atoms with E-state index >= 15 is 0 Å². The van der Waals surface area contributed by atoms with Crippen molar-refractivity contribution in [2.75, 3.05) is 32.0 Å². The topological polar surface area (TPSA) is 38.5 Å². The number of benzene rings is 1. The van der Waals surface area contributed by atoms with Gasteiger partial charge in [-0.25, -0.2) is 0 Å². The van der Waals surface area contributed by atoms with Gasteiger partial charge in [0.25, 0.3) is 0 Å². The molecule has 1 heterocycles. The van der Waals surface area contributed by atoms with Gasteiger partial charge in [-0.15, -0.1) is 0 Å². The average Bonchev–Trinajstić information content (AvgIpc) is 2.40. The van der Waals surface area contributed by atoms with Crippen LogP contribution in [0.5, 0.6) is 0 Å². The number of likely N-dealkylation sites (tertiary alicyclic amines) is 1. The van der Waals surface area contributed by atoms with Crippen LogP contribution in [0.25, 0.3) is 0 Å². The molecule has 3 nitrogen and oxygen atoms in total. The molecule has 2 N–H and O–H groups in total. The highest BCUT2D eigenvalue weighted by atomic mass is 16.5. The van der Waals surface area contributed by atoms with Crippen LogP contribution in [0.15, 0.2) is 24.3 Å². The maximum absolute atomic E-state index is 5.69. The fourth-order valence-electron chi connectivity index (χ4n) is 2.51. The lowest BCUT2D eigenvalue weighted by Crippen LogP contribution is -2.38. The predicted octanol–water partition coefficient (Wildman–Crippen LogP) is 2.31. The molecule has 1 aliphatic heterocycles. The fourth-order valence-corrected chi connectivity index (χ4v) is 2.51. The third-order valence-electron chi connectivity index (χ3n) is 3.63. The van der Waals surface area contributed by atoms with E-state index in [9.17, 15) is 0 Å². The number of hydrogen-bond donors (Lipinski definition) is 1. The molecule has 0 atom stereocenters. The van der Waals surface area contributed by atoms with Crippen LogP contribution in [0.4, 0.5) is 5.69 Å². The first-order valence-corrected chi connectivity index (χ1v) is 6.96. The summed E-state index contributed by atoms with van der Waals surface area (Å²) in [5, 5.41) is 0. The molecule has 0 unspecified atom stereocenters. The minimum atomic E-state index is 0.489. The number of piperidine rings is 1. The van der Waals surface area contributed by atoms with Crippen LogP contribution in [-0.4, -0.2) is 37.2 Å². The number of ether oxygens (including phenoxy) is 1.